The summed E-state index contributed by atoms with van der Waals surface area (Å²) in [6.07, 6.45) is 29.4. The van der Waals surface area contributed by atoms with Crippen LogP contribution in [0.1, 0.15) is 196 Å². The van der Waals surface area contributed by atoms with Crippen LogP contribution in [0.5, 0.6) is 28.7 Å². The van der Waals surface area contributed by atoms with E-state index in [1.807, 2.05) is 0 Å². The summed E-state index contributed by atoms with van der Waals surface area (Å²) in [4.78, 5) is 24.6. The number of phenols is 1. The largest absolute Gasteiger partial charge is 0.507 e. The number of esters is 1. The molecule has 288 valence electrons. The summed E-state index contributed by atoms with van der Waals surface area (Å²) in [5, 5.41) is 10.1. The van der Waals surface area contributed by atoms with Crippen molar-refractivity contribution in [1.82, 2.24) is 0 Å². The zero-order valence-corrected chi connectivity index (χ0v) is 32.5. The van der Waals surface area contributed by atoms with E-state index in [9.17, 15) is 14.7 Å². The number of rotatable bonds is 33. The van der Waals surface area contributed by atoms with Crippen LogP contribution in [0.15, 0.2) is 30.3 Å². The van der Waals surface area contributed by atoms with Gasteiger partial charge < -0.3 is 24.1 Å². The summed E-state index contributed by atoms with van der Waals surface area (Å²) < 4.78 is 24.7. The topological polar surface area (TPSA) is 91.3 Å². The number of carbonyl (C=O) groups excluding carboxylic acids is 2. The molecular weight excluding hydrogens is 640 g/mol. The lowest BCUT2D eigenvalue weighted by Crippen LogP contribution is -2.12. The smallest absolute Gasteiger partial charge is 0.343 e. The molecule has 0 amide bonds. The molecule has 2 rings (SSSR count). The average molecular weight is 711 g/mol. The Morgan fingerprint density at radius 2 is 0.941 bits per heavy atom. The van der Waals surface area contributed by atoms with Crippen molar-refractivity contribution >= 4 is 12.3 Å². The number of unbranched alkanes of at least 4 members (excludes halogenated alkanes) is 21. The molecule has 0 aromatic heterocycles. The lowest BCUT2D eigenvalue weighted by molar-refractivity contribution is 0.0733. The number of hydrogen-bond acceptors (Lipinski definition) is 7. The van der Waals surface area contributed by atoms with Crippen LogP contribution in [0.3, 0.4) is 0 Å². The summed E-state index contributed by atoms with van der Waals surface area (Å²) in [5.41, 5.74) is 0.395. The van der Waals surface area contributed by atoms with Gasteiger partial charge in [-0.05, 0) is 43.5 Å². The first kappa shape index (κ1) is 43.9. The van der Waals surface area contributed by atoms with E-state index in [0.717, 1.165) is 38.5 Å². The third-order valence-electron chi connectivity index (χ3n) is 9.35. The van der Waals surface area contributed by atoms with E-state index in [2.05, 4.69) is 20.8 Å². The van der Waals surface area contributed by atoms with E-state index in [-0.39, 0.29) is 22.6 Å². The monoisotopic (exact) mass is 711 g/mol. The molecule has 2 aromatic carbocycles. The lowest BCUT2D eigenvalue weighted by atomic mass is 10.1. The number of aromatic hydroxyl groups is 1. The quantitative estimate of drug-likeness (QED) is 0.0341. The van der Waals surface area contributed by atoms with Gasteiger partial charge in [0.2, 0.25) is 5.75 Å². The molecule has 0 aliphatic heterocycles. The van der Waals surface area contributed by atoms with Crippen LogP contribution < -0.4 is 18.9 Å². The second kappa shape index (κ2) is 29.4. The van der Waals surface area contributed by atoms with Gasteiger partial charge in [0, 0.05) is 6.07 Å². The molecule has 51 heavy (non-hydrogen) atoms. The van der Waals surface area contributed by atoms with Gasteiger partial charge in [0.15, 0.2) is 17.8 Å². The maximum absolute atomic E-state index is 13.4. The molecule has 0 aliphatic carbocycles. The number of carbonyl (C=O) groups is 2. The minimum atomic E-state index is -0.614. The Hall–Kier alpha value is -3.22. The Labute approximate surface area is 310 Å². The van der Waals surface area contributed by atoms with Crippen LogP contribution in [0.4, 0.5) is 0 Å². The van der Waals surface area contributed by atoms with Crippen molar-refractivity contribution in [2.24, 2.45) is 0 Å². The highest BCUT2D eigenvalue weighted by molar-refractivity contribution is 5.93. The van der Waals surface area contributed by atoms with Gasteiger partial charge in [0.05, 0.1) is 30.9 Å². The number of aldehydes is 1. The van der Waals surface area contributed by atoms with Gasteiger partial charge in [-0.25, -0.2) is 4.79 Å². The first-order valence-electron chi connectivity index (χ1n) is 20.6. The molecule has 0 atom stereocenters. The van der Waals surface area contributed by atoms with Gasteiger partial charge in [0.25, 0.3) is 0 Å². The fourth-order valence-corrected chi connectivity index (χ4v) is 6.15. The average Bonchev–Trinajstić information content (AvgIpc) is 3.13. The van der Waals surface area contributed by atoms with Crippen LogP contribution in [0.2, 0.25) is 0 Å². The van der Waals surface area contributed by atoms with E-state index in [1.54, 1.807) is 12.1 Å². The first-order chi connectivity index (χ1) is 25.0. The standard InChI is InChI=1S/C44H70O7/c1-4-7-10-13-16-19-22-25-30-48-41-33-38(44(47)51-39-29-28-37(36-45)40(46)35-39)34-42(49-31-26-23-20-17-14-11-8-5-2)43(41)50-32-27-24-21-18-15-12-9-6-3/h28-29,33-36,46H,4-27,30-32H2,1-3H3. The predicted molar refractivity (Wildman–Crippen MR) is 209 cm³/mol. The molecule has 7 nitrogen and oxygen atoms in total. The first-order valence-corrected chi connectivity index (χ1v) is 20.6. The molecule has 0 bridgehead atoms. The number of ether oxygens (including phenoxy) is 4. The summed E-state index contributed by atoms with van der Waals surface area (Å²) in [6, 6.07) is 7.53. The van der Waals surface area contributed by atoms with Gasteiger partial charge in [-0.2, -0.15) is 0 Å². The van der Waals surface area contributed by atoms with Crippen molar-refractivity contribution in [1.29, 1.82) is 0 Å². The Bertz CT molecular complexity index is 1150. The summed E-state index contributed by atoms with van der Waals surface area (Å²) in [6.45, 7) is 8.30. The fraction of sp³-hybridized carbons (Fsp3) is 0.682. The number of benzene rings is 2. The van der Waals surface area contributed by atoms with E-state index in [0.29, 0.717) is 43.4 Å². The SMILES string of the molecule is CCCCCCCCCCOc1cc(C(=O)Oc2ccc(C=O)c(O)c2)cc(OCCCCCCCCCC)c1OCCCCCCCCCC. The summed E-state index contributed by atoms with van der Waals surface area (Å²) in [5.74, 6) is 0.789. The van der Waals surface area contributed by atoms with Gasteiger partial charge in [-0.1, -0.05) is 156 Å². The maximum Gasteiger partial charge on any atom is 0.343 e. The molecule has 0 heterocycles. The van der Waals surface area contributed by atoms with Gasteiger partial charge in [0.1, 0.15) is 11.5 Å². The highest BCUT2D eigenvalue weighted by Gasteiger charge is 2.21. The van der Waals surface area contributed by atoms with Crippen molar-refractivity contribution in [3.8, 4) is 28.7 Å². The Kier molecular flexibility index (Phi) is 25.3. The molecule has 0 radical (unpaired) electrons. The van der Waals surface area contributed by atoms with Crippen LogP contribution in [0, 0.1) is 0 Å². The molecule has 7 heteroatoms. The van der Waals surface area contributed by atoms with Crippen LogP contribution in [0.25, 0.3) is 0 Å². The molecule has 0 fully saturated rings. The molecule has 0 unspecified atom stereocenters. The Balaban J connectivity index is 2.17. The number of hydrogen-bond donors (Lipinski definition) is 1. The zero-order chi connectivity index (χ0) is 36.8. The van der Waals surface area contributed by atoms with Crippen molar-refractivity contribution < 1.29 is 33.6 Å². The second-order valence-corrected chi connectivity index (χ2v) is 14.0. The van der Waals surface area contributed by atoms with Crippen molar-refractivity contribution in [2.45, 2.75) is 175 Å². The predicted octanol–water partition coefficient (Wildman–Crippen LogP) is 13.0. The minimum absolute atomic E-state index is 0.126. The second-order valence-electron chi connectivity index (χ2n) is 14.0. The molecule has 1 N–H and O–H groups in total. The molecule has 0 aliphatic rings. The van der Waals surface area contributed by atoms with Gasteiger partial charge >= 0.3 is 5.97 Å². The van der Waals surface area contributed by atoms with E-state index in [4.69, 9.17) is 18.9 Å². The van der Waals surface area contributed by atoms with Crippen LogP contribution in [-0.4, -0.2) is 37.2 Å². The van der Waals surface area contributed by atoms with Crippen molar-refractivity contribution in [3.63, 3.8) is 0 Å². The molecule has 0 saturated carbocycles. The maximum atomic E-state index is 13.4. The highest BCUT2D eigenvalue weighted by atomic mass is 16.5. The third-order valence-corrected chi connectivity index (χ3v) is 9.35. The summed E-state index contributed by atoms with van der Waals surface area (Å²) in [7, 11) is 0. The Morgan fingerprint density at radius 3 is 1.33 bits per heavy atom. The van der Waals surface area contributed by atoms with Crippen LogP contribution >= 0.6 is 0 Å². The van der Waals surface area contributed by atoms with Gasteiger partial charge in [-0.15, -0.1) is 0 Å². The molecule has 2 aromatic rings. The van der Waals surface area contributed by atoms with Crippen molar-refractivity contribution in [3.05, 3.63) is 41.5 Å². The van der Waals surface area contributed by atoms with Crippen LogP contribution in [-0.2, 0) is 0 Å². The third kappa shape index (κ3) is 19.8. The summed E-state index contributed by atoms with van der Waals surface area (Å²) >= 11 is 0. The minimum Gasteiger partial charge on any atom is -0.507 e. The zero-order valence-electron chi connectivity index (χ0n) is 32.5. The Morgan fingerprint density at radius 1 is 0.549 bits per heavy atom. The fourth-order valence-electron chi connectivity index (χ4n) is 6.15. The molecule has 0 saturated heterocycles. The van der Waals surface area contributed by atoms with E-state index >= 15 is 0 Å². The lowest BCUT2D eigenvalue weighted by Gasteiger charge is -2.19. The molecule has 0 spiro atoms. The van der Waals surface area contributed by atoms with E-state index < -0.39 is 5.97 Å². The molecular formula is C44H70O7. The number of phenolic OH excluding ortho intramolecular Hbond substituents is 1. The highest BCUT2D eigenvalue weighted by Crippen LogP contribution is 2.40. The van der Waals surface area contributed by atoms with Gasteiger partial charge in [-0.3, -0.25) is 4.79 Å². The normalized spacial score (nSPS) is 11.0. The van der Waals surface area contributed by atoms with E-state index in [1.165, 1.54) is 134 Å². The van der Waals surface area contributed by atoms with Crippen molar-refractivity contribution in [2.75, 3.05) is 19.8 Å².